The summed E-state index contributed by atoms with van der Waals surface area (Å²) in [6.45, 7) is 4.10. The van der Waals surface area contributed by atoms with Crippen LogP contribution in [-0.4, -0.2) is 9.97 Å². The summed E-state index contributed by atoms with van der Waals surface area (Å²) in [5.41, 5.74) is 2.63. The van der Waals surface area contributed by atoms with Gasteiger partial charge in [0.2, 0.25) is 5.28 Å². The fourth-order valence-corrected chi connectivity index (χ4v) is 1.79. The number of nitrogens with one attached hydrogen (secondary N) is 1. The summed E-state index contributed by atoms with van der Waals surface area (Å²) in [4.78, 5) is 7.24. The number of imidazole rings is 1. The fourth-order valence-electron chi connectivity index (χ4n) is 1.60. The van der Waals surface area contributed by atoms with Crippen molar-refractivity contribution >= 4 is 11.6 Å². The highest BCUT2D eigenvalue weighted by Crippen LogP contribution is 2.28. The van der Waals surface area contributed by atoms with Crippen molar-refractivity contribution in [3.05, 3.63) is 41.1 Å². The van der Waals surface area contributed by atoms with Crippen molar-refractivity contribution in [2.45, 2.75) is 19.8 Å². The lowest BCUT2D eigenvalue weighted by Gasteiger charge is -2.05. The first kappa shape index (κ1) is 11.1. The Bertz CT molecular complexity index is 488. The molecular formula is C12H12ClFN2. The van der Waals surface area contributed by atoms with Crippen LogP contribution >= 0.6 is 11.6 Å². The zero-order valence-electron chi connectivity index (χ0n) is 9.09. The first-order valence-corrected chi connectivity index (χ1v) is 5.47. The molecule has 1 aromatic heterocycles. The third kappa shape index (κ3) is 2.09. The van der Waals surface area contributed by atoms with Crippen LogP contribution in [0.25, 0.3) is 11.3 Å². The molecule has 84 valence electrons. The summed E-state index contributed by atoms with van der Waals surface area (Å²) < 4.78 is 12.8. The Kier molecular flexibility index (Phi) is 2.97. The van der Waals surface area contributed by atoms with Gasteiger partial charge in [-0.05, 0) is 41.8 Å². The van der Waals surface area contributed by atoms with Gasteiger partial charge in [0.1, 0.15) is 5.82 Å². The normalized spacial score (nSPS) is 11.1. The van der Waals surface area contributed by atoms with E-state index < -0.39 is 0 Å². The molecular weight excluding hydrogens is 227 g/mol. The van der Waals surface area contributed by atoms with Gasteiger partial charge in [-0.2, -0.15) is 0 Å². The smallest absolute Gasteiger partial charge is 0.200 e. The molecule has 2 nitrogen and oxygen atoms in total. The first-order valence-electron chi connectivity index (χ1n) is 5.09. The molecule has 0 saturated carbocycles. The molecule has 0 aliphatic carbocycles. The lowest BCUT2D eigenvalue weighted by Crippen LogP contribution is -1.91. The average Bonchev–Trinajstić information content (AvgIpc) is 2.61. The molecule has 0 saturated heterocycles. The summed E-state index contributed by atoms with van der Waals surface area (Å²) in [7, 11) is 0. The summed E-state index contributed by atoms with van der Waals surface area (Å²) in [6.07, 6.45) is 0. The van der Waals surface area contributed by atoms with Crippen LogP contribution in [0.5, 0.6) is 0 Å². The second-order valence-electron chi connectivity index (χ2n) is 3.95. The molecule has 0 aliphatic rings. The van der Waals surface area contributed by atoms with Crippen molar-refractivity contribution in [3.63, 3.8) is 0 Å². The number of rotatable bonds is 2. The molecule has 1 heterocycles. The number of aromatic amines is 1. The van der Waals surface area contributed by atoms with Crippen LogP contribution in [-0.2, 0) is 0 Å². The predicted molar refractivity (Wildman–Crippen MR) is 63.1 cm³/mol. The molecule has 0 radical (unpaired) electrons. The lowest BCUT2D eigenvalue weighted by molar-refractivity contribution is 0.628. The zero-order chi connectivity index (χ0) is 11.7. The fraction of sp³-hybridized carbons (Fsp3) is 0.250. The van der Waals surface area contributed by atoms with Crippen LogP contribution in [0.4, 0.5) is 4.39 Å². The van der Waals surface area contributed by atoms with Crippen molar-refractivity contribution < 1.29 is 4.39 Å². The van der Waals surface area contributed by atoms with E-state index in [-0.39, 0.29) is 5.82 Å². The van der Waals surface area contributed by atoms with Crippen LogP contribution in [0.1, 0.15) is 25.5 Å². The maximum atomic E-state index is 12.8. The van der Waals surface area contributed by atoms with Crippen LogP contribution in [0.2, 0.25) is 5.28 Å². The summed E-state index contributed by atoms with van der Waals surface area (Å²) in [5, 5.41) is 0.364. The van der Waals surface area contributed by atoms with E-state index >= 15 is 0 Å². The van der Waals surface area contributed by atoms with Gasteiger partial charge >= 0.3 is 0 Å². The highest BCUT2D eigenvalue weighted by atomic mass is 35.5. The van der Waals surface area contributed by atoms with Gasteiger partial charge in [0.05, 0.1) is 5.69 Å². The van der Waals surface area contributed by atoms with E-state index in [1.54, 1.807) is 12.1 Å². The number of hydrogen-bond acceptors (Lipinski definition) is 1. The third-order valence-corrected chi connectivity index (χ3v) is 2.58. The van der Waals surface area contributed by atoms with Crippen LogP contribution in [0, 0.1) is 5.82 Å². The Morgan fingerprint density at radius 2 is 1.88 bits per heavy atom. The Hall–Kier alpha value is -1.35. The van der Waals surface area contributed by atoms with E-state index in [1.165, 1.54) is 12.1 Å². The van der Waals surface area contributed by atoms with Crippen molar-refractivity contribution in [1.29, 1.82) is 0 Å². The number of benzene rings is 1. The Labute approximate surface area is 98.5 Å². The Balaban J connectivity index is 2.50. The van der Waals surface area contributed by atoms with E-state index in [2.05, 4.69) is 23.8 Å². The SMILES string of the molecule is CC(C)c1[nH]c(Cl)nc1-c1ccc(F)cc1. The van der Waals surface area contributed by atoms with Gasteiger partial charge < -0.3 is 4.98 Å². The van der Waals surface area contributed by atoms with Crippen molar-refractivity contribution in [1.82, 2.24) is 9.97 Å². The van der Waals surface area contributed by atoms with Gasteiger partial charge in [-0.3, -0.25) is 0 Å². The topological polar surface area (TPSA) is 28.7 Å². The number of hydrogen-bond donors (Lipinski definition) is 1. The monoisotopic (exact) mass is 238 g/mol. The molecule has 0 unspecified atom stereocenters. The second-order valence-corrected chi connectivity index (χ2v) is 4.31. The van der Waals surface area contributed by atoms with Gasteiger partial charge in [-0.1, -0.05) is 13.8 Å². The maximum absolute atomic E-state index is 12.8. The summed E-state index contributed by atoms with van der Waals surface area (Å²) in [6, 6.07) is 6.24. The quantitative estimate of drug-likeness (QED) is 0.842. The summed E-state index contributed by atoms with van der Waals surface area (Å²) >= 11 is 5.85. The van der Waals surface area contributed by atoms with E-state index in [9.17, 15) is 4.39 Å². The van der Waals surface area contributed by atoms with Gasteiger partial charge in [0.25, 0.3) is 0 Å². The second kappa shape index (κ2) is 4.26. The third-order valence-electron chi connectivity index (χ3n) is 2.40. The number of nitrogens with zero attached hydrogens (tertiary/aromatic N) is 1. The van der Waals surface area contributed by atoms with E-state index in [0.29, 0.717) is 11.2 Å². The van der Waals surface area contributed by atoms with Crippen molar-refractivity contribution in [2.75, 3.05) is 0 Å². The first-order chi connectivity index (χ1) is 7.58. The molecule has 0 spiro atoms. The largest absolute Gasteiger partial charge is 0.332 e. The van der Waals surface area contributed by atoms with Gasteiger partial charge in [-0.25, -0.2) is 9.37 Å². The predicted octanol–water partition coefficient (Wildman–Crippen LogP) is 3.99. The number of halogens is 2. The molecule has 0 fully saturated rings. The molecule has 2 aromatic rings. The Morgan fingerprint density at radius 3 is 2.44 bits per heavy atom. The van der Waals surface area contributed by atoms with Crippen LogP contribution in [0.3, 0.4) is 0 Å². The highest BCUT2D eigenvalue weighted by molar-refractivity contribution is 6.28. The molecule has 1 N–H and O–H groups in total. The van der Waals surface area contributed by atoms with Crippen molar-refractivity contribution in [2.24, 2.45) is 0 Å². The van der Waals surface area contributed by atoms with Gasteiger partial charge in [0.15, 0.2) is 0 Å². The lowest BCUT2D eigenvalue weighted by atomic mass is 10.0. The zero-order valence-corrected chi connectivity index (χ0v) is 9.85. The molecule has 2 rings (SSSR count). The molecule has 16 heavy (non-hydrogen) atoms. The van der Waals surface area contributed by atoms with Gasteiger partial charge in [-0.15, -0.1) is 0 Å². The maximum Gasteiger partial charge on any atom is 0.200 e. The molecule has 0 atom stereocenters. The van der Waals surface area contributed by atoms with E-state index in [1.807, 2.05) is 0 Å². The summed E-state index contributed by atoms with van der Waals surface area (Å²) in [5.74, 6) is 0.0385. The minimum Gasteiger partial charge on any atom is -0.332 e. The molecule has 1 aromatic carbocycles. The Morgan fingerprint density at radius 1 is 1.25 bits per heavy atom. The standard InChI is InChI=1S/C12H12ClFN2/c1-7(2)10-11(16-12(13)15-10)8-3-5-9(14)6-4-8/h3-7H,1-2H3,(H,15,16). The van der Waals surface area contributed by atoms with Crippen LogP contribution in [0.15, 0.2) is 24.3 Å². The van der Waals surface area contributed by atoms with E-state index in [4.69, 9.17) is 11.6 Å². The molecule has 0 amide bonds. The highest BCUT2D eigenvalue weighted by Gasteiger charge is 2.13. The van der Waals surface area contributed by atoms with Crippen molar-refractivity contribution in [3.8, 4) is 11.3 Å². The van der Waals surface area contributed by atoms with Crippen LogP contribution < -0.4 is 0 Å². The minimum absolute atomic E-state index is 0.253. The molecule has 0 bridgehead atoms. The number of aromatic nitrogens is 2. The van der Waals surface area contributed by atoms with E-state index in [0.717, 1.165) is 17.0 Å². The molecule has 0 aliphatic heterocycles. The van der Waals surface area contributed by atoms with Gasteiger partial charge in [0, 0.05) is 11.3 Å². The minimum atomic E-state index is -0.253. The molecule has 4 heteroatoms. The number of H-pyrrole nitrogens is 1. The average molecular weight is 239 g/mol.